The fraction of sp³-hybridized carbons (Fsp3) is 0.333. The summed E-state index contributed by atoms with van der Waals surface area (Å²) in [6, 6.07) is 15.2. The molecule has 1 saturated carbocycles. The second-order valence-corrected chi connectivity index (χ2v) is 8.26. The first-order valence-electron chi connectivity index (χ1n) is 7.52. The third-order valence-corrected chi connectivity index (χ3v) is 6.83. The van der Waals surface area contributed by atoms with E-state index in [2.05, 4.69) is 0 Å². The molecule has 3 rings (SSSR count). The van der Waals surface area contributed by atoms with Crippen LogP contribution in [0.5, 0.6) is 0 Å². The van der Waals surface area contributed by atoms with E-state index in [1.54, 1.807) is 12.1 Å². The van der Waals surface area contributed by atoms with Crippen LogP contribution in [0.25, 0.3) is 0 Å². The third-order valence-electron chi connectivity index (χ3n) is 4.54. The molecule has 116 valence electrons. The lowest BCUT2D eigenvalue weighted by Crippen LogP contribution is -2.13. The Kier molecular flexibility index (Phi) is 3.83. The summed E-state index contributed by atoms with van der Waals surface area (Å²) in [6.07, 6.45) is 0. The monoisotopic (exact) mass is 315 g/mol. The van der Waals surface area contributed by atoms with Crippen LogP contribution >= 0.6 is 0 Å². The SMILES string of the molecule is Cc1ccc([C@@H]2[C@@H](CN)[C@H]2S(=O)(=O)c2ccc(C)cc2)cc1. The van der Waals surface area contributed by atoms with Gasteiger partial charge in [-0.05, 0) is 44.0 Å². The molecular formula is C18H21NO2S. The fourth-order valence-electron chi connectivity index (χ4n) is 3.16. The zero-order valence-electron chi connectivity index (χ0n) is 12.9. The Labute approximate surface area is 132 Å². The predicted molar refractivity (Wildman–Crippen MR) is 88.6 cm³/mol. The number of nitrogens with two attached hydrogens (primary N) is 1. The van der Waals surface area contributed by atoms with E-state index in [9.17, 15) is 8.42 Å². The van der Waals surface area contributed by atoms with Crippen LogP contribution in [-0.4, -0.2) is 20.2 Å². The molecule has 1 aliphatic carbocycles. The number of hydrogen-bond acceptors (Lipinski definition) is 3. The van der Waals surface area contributed by atoms with Gasteiger partial charge in [-0.3, -0.25) is 0 Å². The molecule has 0 aromatic heterocycles. The molecule has 0 amide bonds. The highest BCUT2D eigenvalue weighted by Gasteiger charge is 2.57. The molecular weight excluding hydrogens is 294 g/mol. The molecule has 0 radical (unpaired) electrons. The maximum Gasteiger partial charge on any atom is 0.182 e. The largest absolute Gasteiger partial charge is 0.330 e. The molecule has 0 unspecified atom stereocenters. The minimum atomic E-state index is -3.33. The van der Waals surface area contributed by atoms with Gasteiger partial charge in [0.05, 0.1) is 10.1 Å². The summed E-state index contributed by atoms with van der Waals surface area (Å²) in [6.45, 7) is 4.37. The Hall–Kier alpha value is -1.65. The van der Waals surface area contributed by atoms with Gasteiger partial charge in [0, 0.05) is 5.92 Å². The normalized spacial score (nSPS) is 24.2. The highest BCUT2D eigenvalue weighted by molar-refractivity contribution is 7.92. The molecule has 0 saturated heterocycles. The fourth-order valence-corrected chi connectivity index (χ4v) is 5.38. The lowest BCUT2D eigenvalue weighted by atomic mass is 10.1. The summed E-state index contributed by atoms with van der Waals surface area (Å²) in [5.74, 6) is 0.0194. The average Bonchev–Trinajstić information content (AvgIpc) is 3.24. The van der Waals surface area contributed by atoms with Gasteiger partial charge < -0.3 is 5.73 Å². The predicted octanol–water partition coefficient (Wildman–Crippen LogP) is 2.82. The lowest BCUT2D eigenvalue weighted by molar-refractivity contribution is 0.591. The lowest BCUT2D eigenvalue weighted by Gasteiger charge is -2.05. The second-order valence-electron chi connectivity index (χ2n) is 6.16. The van der Waals surface area contributed by atoms with Crippen LogP contribution in [0, 0.1) is 19.8 Å². The van der Waals surface area contributed by atoms with Gasteiger partial charge in [0.25, 0.3) is 0 Å². The van der Waals surface area contributed by atoms with Gasteiger partial charge in [-0.1, -0.05) is 47.5 Å². The molecule has 1 aliphatic rings. The molecule has 22 heavy (non-hydrogen) atoms. The third kappa shape index (κ3) is 2.57. The average molecular weight is 315 g/mol. The Morgan fingerprint density at radius 3 is 1.91 bits per heavy atom. The zero-order valence-corrected chi connectivity index (χ0v) is 13.7. The van der Waals surface area contributed by atoms with Crippen molar-refractivity contribution in [2.75, 3.05) is 6.54 Å². The van der Waals surface area contributed by atoms with Crippen molar-refractivity contribution in [2.24, 2.45) is 11.7 Å². The number of aryl methyl sites for hydroxylation is 2. The molecule has 0 bridgehead atoms. The molecule has 2 aromatic carbocycles. The Morgan fingerprint density at radius 1 is 0.909 bits per heavy atom. The van der Waals surface area contributed by atoms with Gasteiger partial charge in [0.15, 0.2) is 9.84 Å². The molecule has 3 nitrogen and oxygen atoms in total. The van der Waals surface area contributed by atoms with Crippen molar-refractivity contribution in [2.45, 2.75) is 29.9 Å². The minimum absolute atomic E-state index is 0.00834. The first kappa shape index (κ1) is 15.3. The summed E-state index contributed by atoms with van der Waals surface area (Å²) in [4.78, 5) is 0.399. The summed E-state index contributed by atoms with van der Waals surface area (Å²) in [7, 11) is -3.33. The van der Waals surface area contributed by atoms with E-state index < -0.39 is 15.1 Å². The van der Waals surface area contributed by atoms with E-state index in [0.29, 0.717) is 11.4 Å². The summed E-state index contributed by atoms with van der Waals surface area (Å²) < 4.78 is 25.7. The molecule has 4 heteroatoms. The maximum atomic E-state index is 12.9. The first-order chi connectivity index (χ1) is 10.4. The van der Waals surface area contributed by atoms with Gasteiger partial charge in [-0.2, -0.15) is 0 Å². The number of benzene rings is 2. The highest BCUT2D eigenvalue weighted by atomic mass is 32.2. The molecule has 0 heterocycles. The van der Waals surface area contributed by atoms with E-state index in [0.717, 1.165) is 11.1 Å². The quantitative estimate of drug-likeness (QED) is 0.944. The van der Waals surface area contributed by atoms with Crippen molar-refractivity contribution >= 4 is 9.84 Å². The highest BCUT2D eigenvalue weighted by Crippen LogP contribution is 2.53. The summed E-state index contributed by atoms with van der Waals surface area (Å²) in [5, 5.41) is -0.400. The van der Waals surface area contributed by atoms with Crippen LogP contribution in [0.1, 0.15) is 22.6 Å². The Morgan fingerprint density at radius 2 is 1.41 bits per heavy atom. The van der Waals surface area contributed by atoms with Gasteiger partial charge in [0.2, 0.25) is 0 Å². The molecule has 3 atom stereocenters. The summed E-state index contributed by atoms with van der Waals surface area (Å²) in [5.41, 5.74) is 9.12. The Bertz CT molecular complexity index is 764. The van der Waals surface area contributed by atoms with E-state index in [-0.39, 0.29) is 11.8 Å². The maximum absolute atomic E-state index is 12.9. The summed E-state index contributed by atoms with van der Waals surface area (Å²) >= 11 is 0. The second kappa shape index (κ2) is 5.52. The first-order valence-corrected chi connectivity index (χ1v) is 9.07. The molecule has 0 spiro atoms. The van der Waals surface area contributed by atoms with E-state index in [1.165, 1.54) is 5.56 Å². The topological polar surface area (TPSA) is 60.2 Å². The van der Waals surface area contributed by atoms with Crippen LogP contribution in [0.2, 0.25) is 0 Å². The van der Waals surface area contributed by atoms with E-state index >= 15 is 0 Å². The van der Waals surface area contributed by atoms with E-state index in [4.69, 9.17) is 5.73 Å². The van der Waals surface area contributed by atoms with Crippen molar-refractivity contribution in [3.05, 3.63) is 65.2 Å². The minimum Gasteiger partial charge on any atom is -0.330 e. The van der Waals surface area contributed by atoms with Gasteiger partial charge in [-0.25, -0.2) is 8.42 Å². The van der Waals surface area contributed by atoms with Gasteiger partial charge >= 0.3 is 0 Å². The van der Waals surface area contributed by atoms with Crippen LogP contribution in [0.15, 0.2) is 53.4 Å². The standard InChI is InChI=1S/C18H21NO2S/c1-12-3-7-14(8-4-12)17-16(11-19)18(17)22(20,21)15-9-5-13(2)6-10-15/h3-10,16-18H,11,19H2,1-2H3/t16-,17-,18-/m1/s1. The van der Waals surface area contributed by atoms with E-state index in [1.807, 2.05) is 50.2 Å². The number of hydrogen-bond donors (Lipinski definition) is 1. The molecule has 2 aromatic rings. The number of rotatable bonds is 4. The van der Waals surface area contributed by atoms with Crippen molar-refractivity contribution in [1.29, 1.82) is 0 Å². The van der Waals surface area contributed by atoms with Gasteiger partial charge in [0.1, 0.15) is 0 Å². The van der Waals surface area contributed by atoms with Crippen LogP contribution in [0.3, 0.4) is 0 Å². The Balaban J connectivity index is 1.93. The van der Waals surface area contributed by atoms with Gasteiger partial charge in [-0.15, -0.1) is 0 Å². The molecule has 2 N–H and O–H groups in total. The smallest absolute Gasteiger partial charge is 0.182 e. The molecule has 1 fully saturated rings. The van der Waals surface area contributed by atoms with Crippen LogP contribution < -0.4 is 5.73 Å². The van der Waals surface area contributed by atoms with Crippen molar-refractivity contribution in [1.82, 2.24) is 0 Å². The molecule has 0 aliphatic heterocycles. The van der Waals surface area contributed by atoms with Crippen molar-refractivity contribution in [3.8, 4) is 0 Å². The zero-order chi connectivity index (χ0) is 15.9. The number of sulfone groups is 1. The van der Waals surface area contributed by atoms with Crippen molar-refractivity contribution in [3.63, 3.8) is 0 Å². The van der Waals surface area contributed by atoms with Crippen molar-refractivity contribution < 1.29 is 8.42 Å². The van der Waals surface area contributed by atoms with Crippen LogP contribution in [0.4, 0.5) is 0 Å². The van der Waals surface area contributed by atoms with Crippen LogP contribution in [-0.2, 0) is 9.84 Å².